The Hall–Kier alpha value is -1.10. The van der Waals surface area contributed by atoms with E-state index in [1.807, 2.05) is 0 Å². The quantitative estimate of drug-likeness (QED) is 0.563. The third kappa shape index (κ3) is 1.39. The molecule has 0 atom stereocenters. The van der Waals surface area contributed by atoms with Crippen molar-refractivity contribution in [1.29, 1.82) is 0 Å². The number of halogens is 1. The molecule has 5 nitrogen and oxygen atoms in total. The van der Waals surface area contributed by atoms with Crippen LogP contribution < -0.4 is 5.73 Å². The highest BCUT2D eigenvalue weighted by molar-refractivity contribution is 6.28. The maximum Gasteiger partial charge on any atom is 0.320 e. The smallest absolute Gasteiger partial charge is 0.320 e. The predicted molar refractivity (Wildman–Crippen MR) is 29.3 cm³/mol. The van der Waals surface area contributed by atoms with E-state index in [0.717, 1.165) is 0 Å². The maximum atomic E-state index is 8.53. The van der Waals surface area contributed by atoms with Crippen molar-refractivity contribution in [3.63, 3.8) is 0 Å². The minimum atomic E-state index is -0.528. The fourth-order valence-electron chi connectivity index (χ4n) is 0.340. The Morgan fingerprint density at radius 1 is 1.33 bits per heavy atom. The minimum absolute atomic E-state index is 0.174. The summed E-state index contributed by atoms with van der Waals surface area (Å²) in [6, 6.07) is -0.528. The lowest BCUT2D eigenvalue weighted by Gasteiger charge is -1.89. The first-order chi connectivity index (χ1) is 4.18. The van der Waals surface area contributed by atoms with Gasteiger partial charge in [-0.05, 0) is 11.6 Å². The summed E-state index contributed by atoms with van der Waals surface area (Å²) in [6.07, 6.45) is 0. The van der Waals surface area contributed by atoms with Gasteiger partial charge in [0.25, 0.3) is 0 Å². The summed E-state index contributed by atoms with van der Waals surface area (Å²) >= 11 is 5.21. The second kappa shape index (κ2) is 2.02. The summed E-state index contributed by atoms with van der Waals surface area (Å²) in [7, 11) is 0. The van der Waals surface area contributed by atoms with Crippen molar-refractivity contribution in [3.05, 3.63) is 5.28 Å². The van der Waals surface area contributed by atoms with Crippen LogP contribution in [0.1, 0.15) is 0 Å². The number of hydrogen-bond donors (Lipinski definition) is 1. The molecule has 6 heteroatoms. The summed E-state index contributed by atoms with van der Waals surface area (Å²) in [5, 5.41) is 8.35. The van der Waals surface area contributed by atoms with Gasteiger partial charge in [-0.15, -0.1) is 0 Å². The number of nitrogens with one attached hydrogen (secondary N) is 1. The van der Waals surface area contributed by atoms with Gasteiger partial charge in [-0.25, -0.2) is 0 Å². The molecule has 0 bridgehead atoms. The Bertz CT molecular complexity index is 177. The van der Waals surface area contributed by atoms with Gasteiger partial charge in [0.2, 0.25) is 11.2 Å². The second-order valence-corrected chi connectivity index (χ2v) is 1.57. The lowest BCUT2D eigenvalue weighted by atomic mass is 10.9. The van der Waals surface area contributed by atoms with E-state index in [2.05, 4.69) is 15.0 Å². The average Bonchev–Trinajstić information content (AvgIpc) is 1.59. The lowest BCUT2D eigenvalue weighted by Crippen LogP contribution is -1.88. The van der Waals surface area contributed by atoms with Crippen LogP contribution in [0, 0.1) is 0 Å². The molecule has 47 valence electrons. The molecule has 1 rings (SSSR count). The van der Waals surface area contributed by atoms with E-state index >= 15 is 0 Å². The highest BCUT2D eigenvalue weighted by atomic mass is 35.5. The van der Waals surface area contributed by atoms with Gasteiger partial charge in [-0.1, -0.05) is 0 Å². The third-order valence-electron chi connectivity index (χ3n) is 0.596. The summed E-state index contributed by atoms with van der Waals surface area (Å²) in [6.45, 7) is 0. The van der Waals surface area contributed by atoms with E-state index in [1.165, 1.54) is 0 Å². The van der Waals surface area contributed by atoms with E-state index in [4.69, 9.17) is 22.4 Å². The summed E-state index contributed by atoms with van der Waals surface area (Å²) < 4.78 is 0. The van der Waals surface area contributed by atoms with Gasteiger partial charge >= 0.3 is 6.01 Å². The molecule has 1 heterocycles. The highest BCUT2D eigenvalue weighted by Gasteiger charge is 1.97. The normalized spacial score (nSPS) is 9.44. The molecular formula is C3H2ClN4O. The monoisotopic (exact) mass is 145 g/mol. The van der Waals surface area contributed by atoms with Gasteiger partial charge in [-0.3, -0.25) is 5.73 Å². The first-order valence-corrected chi connectivity index (χ1v) is 2.38. The SMILES string of the molecule is [NH]c1nc(O)nc(Cl)n1. The molecule has 2 N–H and O–H groups in total. The van der Waals surface area contributed by atoms with Crippen molar-refractivity contribution >= 4 is 17.5 Å². The third-order valence-corrected chi connectivity index (χ3v) is 0.765. The molecular weight excluding hydrogens is 144 g/mol. The molecule has 1 radical (unpaired) electrons. The van der Waals surface area contributed by atoms with Crippen molar-refractivity contribution in [2.45, 2.75) is 0 Å². The number of rotatable bonds is 0. The summed E-state index contributed by atoms with van der Waals surface area (Å²) in [5.41, 5.74) is 6.77. The Kier molecular flexibility index (Phi) is 1.35. The number of aromatic hydroxyl groups is 1. The molecule has 1 aromatic rings. The molecule has 0 aromatic carbocycles. The van der Waals surface area contributed by atoms with Crippen LogP contribution in [0.5, 0.6) is 6.01 Å². The van der Waals surface area contributed by atoms with Crippen molar-refractivity contribution in [2.24, 2.45) is 0 Å². The first-order valence-electron chi connectivity index (χ1n) is 2.00. The van der Waals surface area contributed by atoms with Crippen LogP contribution in [-0.4, -0.2) is 20.1 Å². The van der Waals surface area contributed by atoms with Crippen molar-refractivity contribution < 1.29 is 5.11 Å². The zero-order chi connectivity index (χ0) is 6.85. The van der Waals surface area contributed by atoms with E-state index in [0.29, 0.717) is 0 Å². The Morgan fingerprint density at radius 2 is 2.00 bits per heavy atom. The van der Waals surface area contributed by atoms with Crippen LogP contribution in [0.15, 0.2) is 0 Å². The standard InChI is InChI=1S/C3H2ClN4O/c4-1-6-2(5)8-3(9)7-1/h5H,(H,6,7,8,9). The minimum Gasteiger partial charge on any atom is -0.479 e. The van der Waals surface area contributed by atoms with Crippen LogP contribution in [0.25, 0.3) is 0 Å². The van der Waals surface area contributed by atoms with E-state index in [1.54, 1.807) is 0 Å². The van der Waals surface area contributed by atoms with E-state index in [-0.39, 0.29) is 11.2 Å². The maximum absolute atomic E-state index is 8.53. The van der Waals surface area contributed by atoms with Gasteiger partial charge in [-0.2, -0.15) is 15.0 Å². The summed E-state index contributed by atoms with van der Waals surface area (Å²) in [4.78, 5) is 9.65. The fraction of sp³-hybridized carbons (Fsp3) is 0. The summed E-state index contributed by atoms with van der Waals surface area (Å²) in [5.74, 6) is -0.340. The largest absolute Gasteiger partial charge is 0.479 e. The Morgan fingerprint density at radius 3 is 2.44 bits per heavy atom. The van der Waals surface area contributed by atoms with E-state index < -0.39 is 6.01 Å². The number of hydrogen-bond acceptors (Lipinski definition) is 4. The zero-order valence-electron chi connectivity index (χ0n) is 4.17. The molecule has 0 saturated heterocycles. The van der Waals surface area contributed by atoms with Gasteiger partial charge in [0.15, 0.2) is 0 Å². The molecule has 0 amide bonds. The van der Waals surface area contributed by atoms with Gasteiger partial charge < -0.3 is 5.11 Å². The number of nitrogens with zero attached hydrogens (tertiary/aromatic N) is 3. The molecule has 0 aliphatic rings. The van der Waals surface area contributed by atoms with Gasteiger partial charge in [0.05, 0.1) is 0 Å². The predicted octanol–water partition coefficient (Wildman–Crippen LogP) is 0.145. The van der Waals surface area contributed by atoms with Gasteiger partial charge in [0.1, 0.15) is 0 Å². The topological polar surface area (TPSA) is 82.7 Å². The van der Waals surface area contributed by atoms with Crippen molar-refractivity contribution in [1.82, 2.24) is 20.7 Å². The molecule has 0 unspecified atom stereocenters. The van der Waals surface area contributed by atoms with Crippen LogP contribution in [0.2, 0.25) is 5.28 Å². The number of aromatic nitrogens is 3. The first kappa shape index (κ1) is 6.03. The van der Waals surface area contributed by atoms with Crippen LogP contribution in [0.3, 0.4) is 0 Å². The molecule has 0 spiro atoms. The molecule has 9 heavy (non-hydrogen) atoms. The Balaban J connectivity index is 3.17. The highest BCUT2D eigenvalue weighted by Crippen LogP contribution is 2.06. The van der Waals surface area contributed by atoms with Crippen molar-refractivity contribution in [3.8, 4) is 6.01 Å². The van der Waals surface area contributed by atoms with Crippen LogP contribution in [0.4, 0.5) is 5.95 Å². The fourth-order valence-corrected chi connectivity index (χ4v) is 0.495. The molecule has 0 fully saturated rings. The molecule has 0 aliphatic heterocycles. The van der Waals surface area contributed by atoms with Crippen molar-refractivity contribution in [2.75, 3.05) is 0 Å². The molecule has 0 saturated carbocycles. The van der Waals surface area contributed by atoms with Crippen LogP contribution in [-0.2, 0) is 0 Å². The Labute approximate surface area is 55.5 Å². The van der Waals surface area contributed by atoms with E-state index in [9.17, 15) is 0 Å². The lowest BCUT2D eigenvalue weighted by molar-refractivity contribution is 0.428. The zero-order valence-corrected chi connectivity index (χ0v) is 4.92. The molecule has 0 aliphatic carbocycles. The average molecular weight is 146 g/mol. The second-order valence-electron chi connectivity index (χ2n) is 1.23. The molecule has 1 aromatic heterocycles. The van der Waals surface area contributed by atoms with Crippen LogP contribution >= 0.6 is 11.6 Å². The van der Waals surface area contributed by atoms with Gasteiger partial charge in [0, 0.05) is 0 Å².